The highest BCUT2D eigenvalue weighted by Gasteiger charge is 2.67. The first-order chi connectivity index (χ1) is 19.0. The monoisotopic (exact) mass is 559 g/mol. The van der Waals surface area contributed by atoms with Crippen molar-refractivity contribution >= 4 is 52.2 Å². The number of hydrogen-bond acceptors (Lipinski definition) is 8. The lowest BCUT2D eigenvalue weighted by molar-refractivity contribution is -0.154. The van der Waals surface area contributed by atoms with E-state index < -0.39 is 17.4 Å². The number of thioether (sulfide) groups is 1. The first kappa shape index (κ1) is 26.4. The fourth-order valence-corrected chi connectivity index (χ4v) is 7.09. The van der Waals surface area contributed by atoms with Gasteiger partial charge in [-0.3, -0.25) is 14.4 Å². The number of fused-ring (bicyclic) bond motifs is 1. The fourth-order valence-electron chi connectivity index (χ4n) is 4.92. The molecule has 0 radical (unpaired) electrons. The summed E-state index contributed by atoms with van der Waals surface area (Å²) in [7, 11) is 1.33. The highest BCUT2D eigenvalue weighted by molar-refractivity contribution is 8.00. The lowest BCUT2D eigenvalue weighted by Crippen LogP contribution is -2.81. The Morgan fingerprint density at radius 3 is 2.46 bits per heavy atom. The van der Waals surface area contributed by atoms with Crippen LogP contribution in [-0.2, 0) is 19.2 Å². The van der Waals surface area contributed by atoms with Gasteiger partial charge in [-0.15, -0.1) is 11.8 Å². The van der Waals surface area contributed by atoms with Gasteiger partial charge in [-0.2, -0.15) is 0 Å². The Balaban J connectivity index is 1.63. The average Bonchev–Trinajstić information content (AvgIpc) is 3.44. The summed E-state index contributed by atoms with van der Waals surface area (Å²) in [5, 5.41) is 9.46. The van der Waals surface area contributed by atoms with Gasteiger partial charge >= 0.3 is 0 Å². The second kappa shape index (κ2) is 11.3. The van der Waals surface area contributed by atoms with Gasteiger partial charge < -0.3 is 20.4 Å². The molecule has 1 saturated heterocycles. The number of rotatable bonds is 10. The van der Waals surface area contributed by atoms with E-state index in [1.165, 1.54) is 13.3 Å². The maximum Gasteiger partial charge on any atom is 0.275 e. The van der Waals surface area contributed by atoms with E-state index in [2.05, 4.69) is 27.4 Å². The number of nitrogens with zero attached hydrogens (tertiary/aromatic N) is 3. The second-order valence-corrected chi connectivity index (χ2v) is 10.9. The lowest BCUT2D eigenvalue weighted by atomic mass is 9.69. The van der Waals surface area contributed by atoms with E-state index in [-0.39, 0.29) is 17.0 Å². The van der Waals surface area contributed by atoms with Gasteiger partial charge in [-0.1, -0.05) is 89.8 Å². The number of nitrogens with one attached hydrogen (secondary N) is 2. The van der Waals surface area contributed by atoms with E-state index in [9.17, 15) is 14.4 Å². The maximum absolute atomic E-state index is 14.2. The molecule has 2 aromatic carbocycles. The van der Waals surface area contributed by atoms with Gasteiger partial charge in [0.05, 0.1) is 4.88 Å². The van der Waals surface area contributed by atoms with E-state index in [1.54, 1.807) is 28.9 Å². The van der Waals surface area contributed by atoms with E-state index in [0.29, 0.717) is 22.2 Å². The van der Waals surface area contributed by atoms with Crippen molar-refractivity contribution in [3.63, 3.8) is 0 Å². The molecule has 9 nitrogen and oxygen atoms in total. The molecule has 11 heteroatoms. The number of carbonyl (C=O) groups excluding carboxylic acids is 3. The van der Waals surface area contributed by atoms with Crippen LogP contribution in [0.4, 0.5) is 5.13 Å². The predicted octanol–water partition coefficient (Wildman–Crippen LogP) is 3.73. The van der Waals surface area contributed by atoms with Crippen LogP contribution in [0.15, 0.2) is 96.4 Å². The van der Waals surface area contributed by atoms with Gasteiger partial charge in [-0.25, -0.2) is 4.98 Å². The minimum atomic E-state index is -1.34. The molecule has 0 saturated carbocycles. The largest absolute Gasteiger partial charge is 0.398 e. The third-order valence-electron chi connectivity index (χ3n) is 6.57. The quantitative estimate of drug-likeness (QED) is 0.169. The van der Waals surface area contributed by atoms with Crippen molar-refractivity contribution < 1.29 is 19.2 Å². The van der Waals surface area contributed by atoms with Crippen LogP contribution in [0, 0.1) is 0 Å². The van der Waals surface area contributed by atoms with Crippen LogP contribution in [0.25, 0.3) is 0 Å². The number of hydrogen-bond donors (Lipinski definition) is 2. The Kier molecular flexibility index (Phi) is 7.62. The molecule has 0 spiro atoms. The van der Waals surface area contributed by atoms with Crippen molar-refractivity contribution in [1.82, 2.24) is 15.2 Å². The predicted molar refractivity (Wildman–Crippen MR) is 152 cm³/mol. The molecule has 2 aliphatic heterocycles. The van der Waals surface area contributed by atoms with Crippen LogP contribution >= 0.6 is 23.1 Å². The summed E-state index contributed by atoms with van der Waals surface area (Å²) in [5.74, 6) is -0.696. The Morgan fingerprint density at radius 2 is 1.87 bits per heavy atom. The van der Waals surface area contributed by atoms with Gasteiger partial charge in [-0.05, 0) is 16.7 Å². The lowest BCUT2D eigenvalue weighted by Gasteiger charge is -2.59. The summed E-state index contributed by atoms with van der Waals surface area (Å²) in [6, 6.07) is 19.4. The summed E-state index contributed by atoms with van der Waals surface area (Å²) in [6.45, 7) is 3.85. The van der Waals surface area contributed by atoms with Crippen molar-refractivity contribution in [3.8, 4) is 0 Å². The molecule has 198 valence electrons. The molecule has 2 atom stereocenters. The molecule has 1 aromatic heterocycles. The SMILES string of the molecule is C=CC1=CN2C(=O)C(NC(=O)C(=NOC)c3cnc(NC=O)s3)(C(c3ccccc3)c3ccccc3)[C@@H]2SC1. The van der Waals surface area contributed by atoms with Crippen LogP contribution in [0.1, 0.15) is 21.9 Å². The fraction of sp³-hybridized carbons (Fsp3) is 0.179. The molecular formula is C28H25N5O4S2. The average molecular weight is 560 g/mol. The zero-order chi connectivity index (χ0) is 27.4. The molecular weight excluding hydrogens is 534 g/mol. The molecule has 2 N–H and O–H groups in total. The van der Waals surface area contributed by atoms with Crippen molar-refractivity contribution in [2.24, 2.45) is 5.16 Å². The summed E-state index contributed by atoms with van der Waals surface area (Å²) in [4.78, 5) is 50.2. The maximum atomic E-state index is 14.2. The zero-order valence-electron chi connectivity index (χ0n) is 20.9. The minimum Gasteiger partial charge on any atom is -0.398 e. The third-order valence-corrected chi connectivity index (χ3v) is 8.92. The number of thiazole rings is 1. The van der Waals surface area contributed by atoms with E-state index in [4.69, 9.17) is 4.84 Å². The normalized spacial score (nSPS) is 20.4. The van der Waals surface area contributed by atoms with E-state index >= 15 is 0 Å². The van der Waals surface area contributed by atoms with Crippen LogP contribution in [0.3, 0.4) is 0 Å². The molecule has 5 rings (SSSR count). The second-order valence-electron chi connectivity index (χ2n) is 8.78. The van der Waals surface area contributed by atoms with Gasteiger partial charge in [0.1, 0.15) is 12.5 Å². The van der Waals surface area contributed by atoms with E-state index in [0.717, 1.165) is 28.0 Å². The minimum absolute atomic E-state index is 0.0532. The number of allylic oxidation sites excluding steroid dienone is 1. The summed E-state index contributed by atoms with van der Waals surface area (Å²) in [6.07, 6.45) is 5.47. The molecule has 0 aliphatic carbocycles. The number of anilines is 1. The molecule has 39 heavy (non-hydrogen) atoms. The Bertz CT molecular complexity index is 1420. The smallest absolute Gasteiger partial charge is 0.275 e. The molecule has 1 fully saturated rings. The number of amides is 3. The van der Waals surface area contributed by atoms with Gasteiger partial charge in [0, 0.05) is 24.1 Å². The van der Waals surface area contributed by atoms with Gasteiger partial charge in [0.25, 0.3) is 11.8 Å². The Morgan fingerprint density at radius 1 is 1.21 bits per heavy atom. The summed E-state index contributed by atoms with van der Waals surface area (Å²) >= 11 is 2.64. The van der Waals surface area contributed by atoms with Crippen molar-refractivity contribution in [3.05, 3.63) is 107 Å². The van der Waals surface area contributed by atoms with Crippen molar-refractivity contribution in [2.45, 2.75) is 16.8 Å². The molecule has 3 heterocycles. The molecule has 1 unspecified atom stereocenters. The molecule has 3 amide bonds. The first-order valence-electron chi connectivity index (χ1n) is 12.0. The number of oxime groups is 1. The van der Waals surface area contributed by atoms with Gasteiger partial charge in [0.15, 0.2) is 16.4 Å². The summed E-state index contributed by atoms with van der Waals surface area (Å²) in [5.41, 5.74) is 1.31. The topological polar surface area (TPSA) is 113 Å². The number of benzene rings is 2. The number of aromatic nitrogens is 1. The van der Waals surface area contributed by atoms with Crippen molar-refractivity contribution in [2.75, 3.05) is 18.2 Å². The van der Waals surface area contributed by atoms with E-state index in [1.807, 2.05) is 60.7 Å². The van der Waals surface area contributed by atoms with Crippen LogP contribution in [0.2, 0.25) is 0 Å². The highest BCUT2D eigenvalue weighted by atomic mass is 32.2. The number of carbonyl (C=O) groups is 3. The third kappa shape index (κ3) is 4.75. The van der Waals surface area contributed by atoms with Gasteiger partial charge in [0.2, 0.25) is 6.41 Å². The first-order valence-corrected chi connectivity index (χ1v) is 13.9. The highest BCUT2D eigenvalue weighted by Crippen LogP contribution is 2.52. The van der Waals surface area contributed by atoms with Crippen LogP contribution in [-0.4, -0.2) is 57.6 Å². The van der Waals surface area contributed by atoms with Crippen molar-refractivity contribution in [1.29, 1.82) is 0 Å². The van der Waals surface area contributed by atoms with Crippen LogP contribution in [0.5, 0.6) is 0 Å². The number of β-lactam (4-membered cyclic amide) rings is 1. The molecule has 2 aliphatic rings. The molecule has 0 bridgehead atoms. The molecule has 3 aromatic rings. The standard InChI is InChI=1S/C28H25N5O4S2/c1-3-18-15-33-25(36)28(26(33)38-16-18,22(19-10-6-4-7-11-19)20-12-8-5-9-13-20)31-24(35)23(32-37-2)21-14-29-27(39-21)30-17-34/h3-15,17,22,26H,1,16H2,2H3,(H,31,35)(H,29,30,34)/t26-,28?/m0/s1. The van der Waals surface area contributed by atoms with Crippen LogP contribution < -0.4 is 10.6 Å². The Hall–Kier alpha value is -4.22. The Labute approximate surface area is 233 Å². The zero-order valence-corrected chi connectivity index (χ0v) is 22.6. The summed E-state index contributed by atoms with van der Waals surface area (Å²) < 4.78 is 0.